The van der Waals surface area contributed by atoms with Gasteiger partial charge in [0.25, 0.3) is 0 Å². The number of hydrogen-bond donors (Lipinski definition) is 1. The van der Waals surface area contributed by atoms with Crippen LogP contribution < -0.4 is 5.32 Å². The Balaban J connectivity index is 1.50. The monoisotopic (exact) mass is 278 g/mol. The first kappa shape index (κ1) is 13.4. The fraction of sp³-hybridized carbons (Fsp3) is 0.625. The van der Waals surface area contributed by atoms with E-state index in [9.17, 15) is 0 Å². The number of halogens is 1. The molecule has 1 saturated heterocycles. The van der Waals surface area contributed by atoms with Crippen LogP contribution in [0.4, 0.5) is 0 Å². The summed E-state index contributed by atoms with van der Waals surface area (Å²) in [5.74, 6) is 0.825. The molecule has 19 heavy (non-hydrogen) atoms. The molecule has 2 unspecified atom stereocenters. The van der Waals surface area contributed by atoms with E-state index in [1.165, 1.54) is 37.1 Å². The highest BCUT2D eigenvalue weighted by Crippen LogP contribution is 2.25. The number of benzene rings is 1. The maximum Gasteiger partial charge on any atom is 0.0408 e. The molecule has 2 aliphatic rings. The molecule has 1 aromatic rings. The molecule has 1 aliphatic carbocycles. The molecule has 3 heteroatoms. The number of hydrogen-bond acceptors (Lipinski definition) is 2. The van der Waals surface area contributed by atoms with E-state index in [4.69, 9.17) is 11.6 Å². The van der Waals surface area contributed by atoms with Crippen LogP contribution in [0, 0.1) is 5.92 Å². The first-order valence-corrected chi connectivity index (χ1v) is 7.78. The number of nitrogens with one attached hydrogen (secondary N) is 1. The maximum atomic E-state index is 6.06. The second-order valence-corrected chi connectivity index (χ2v) is 6.63. The van der Waals surface area contributed by atoms with Crippen molar-refractivity contribution in [2.45, 2.75) is 31.7 Å². The summed E-state index contributed by atoms with van der Waals surface area (Å²) >= 11 is 6.06. The molecule has 0 aromatic heterocycles. The fourth-order valence-electron chi connectivity index (χ4n) is 3.50. The third-order valence-corrected chi connectivity index (χ3v) is 4.75. The quantitative estimate of drug-likeness (QED) is 0.915. The van der Waals surface area contributed by atoms with Gasteiger partial charge < -0.3 is 10.2 Å². The van der Waals surface area contributed by atoms with Crippen LogP contribution in [0.15, 0.2) is 18.2 Å². The lowest BCUT2D eigenvalue weighted by atomic mass is 9.98. The Bertz CT molecular complexity index is 446. The van der Waals surface area contributed by atoms with E-state index in [0.29, 0.717) is 6.04 Å². The highest BCUT2D eigenvalue weighted by molar-refractivity contribution is 6.30. The van der Waals surface area contributed by atoms with Crippen LogP contribution in [0.2, 0.25) is 5.02 Å². The number of nitrogens with zero attached hydrogens (tertiary/aromatic N) is 1. The van der Waals surface area contributed by atoms with Crippen LogP contribution in [-0.2, 0) is 12.8 Å². The summed E-state index contributed by atoms with van der Waals surface area (Å²) in [7, 11) is 2.24. The molecule has 3 rings (SSSR count). The topological polar surface area (TPSA) is 15.3 Å². The minimum Gasteiger partial charge on any atom is -0.313 e. The van der Waals surface area contributed by atoms with Gasteiger partial charge in [-0.05, 0) is 75.0 Å². The van der Waals surface area contributed by atoms with E-state index in [2.05, 4.69) is 29.4 Å². The van der Waals surface area contributed by atoms with E-state index in [0.717, 1.165) is 30.3 Å². The van der Waals surface area contributed by atoms with E-state index in [1.807, 2.05) is 6.07 Å². The summed E-state index contributed by atoms with van der Waals surface area (Å²) in [6.45, 7) is 3.68. The average molecular weight is 279 g/mol. The number of likely N-dealkylation sites (tertiary alicyclic amines) is 1. The Labute approximate surface area is 121 Å². The zero-order valence-corrected chi connectivity index (χ0v) is 12.4. The van der Waals surface area contributed by atoms with Crippen molar-refractivity contribution in [2.24, 2.45) is 5.92 Å². The van der Waals surface area contributed by atoms with Gasteiger partial charge in [-0.3, -0.25) is 0 Å². The second-order valence-electron chi connectivity index (χ2n) is 6.20. The van der Waals surface area contributed by atoms with Crippen molar-refractivity contribution in [3.05, 3.63) is 34.3 Å². The summed E-state index contributed by atoms with van der Waals surface area (Å²) < 4.78 is 0. The Morgan fingerprint density at radius 3 is 3.00 bits per heavy atom. The van der Waals surface area contributed by atoms with Crippen LogP contribution in [0.25, 0.3) is 0 Å². The van der Waals surface area contributed by atoms with Gasteiger partial charge in [0.2, 0.25) is 0 Å². The molecule has 1 heterocycles. The van der Waals surface area contributed by atoms with Crippen molar-refractivity contribution in [3.8, 4) is 0 Å². The first-order valence-electron chi connectivity index (χ1n) is 7.40. The molecule has 0 saturated carbocycles. The Morgan fingerprint density at radius 1 is 1.32 bits per heavy atom. The maximum absolute atomic E-state index is 6.06. The molecule has 0 amide bonds. The van der Waals surface area contributed by atoms with Crippen molar-refractivity contribution in [1.82, 2.24) is 10.2 Å². The SMILES string of the molecule is CN1CCCC(CNC2Cc3ccc(Cl)cc3C2)C1. The summed E-state index contributed by atoms with van der Waals surface area (Å²) in [5.41, 5.74) is 2.91. The summed E-state index contributed by atoms with van der Waals surface area (Å²) in [6.07, 6.45) is 5.03. The lowest BCUT2D eigenvalue weighted by molar-refractivity contribution is 0.203. The third kappa shape index (κ3) is 3.31. The van der Waals surface area contributed by atoms with Crippen molar-refractivity contribution in [2.75, 3.05) is 26.7 Å². The molecule has 2 atom stereocenters. The molecule has 1 aliphatic heterocycles. The predicted octanol–water partition coefficient (Wildman–Crippen LogP) is 2.74. The van der Waals surface area contributed by atoms with Gasteiger partial charge in [-0.25, -0.2) is 0 Å². The van der Waals surface area contributed by atoms with Gasteiger partial charge >= 0.3 is 0 Å². The van der Waals surface area contributed by atoms with Crippen LogP contribution in [-0.4, -0.2) is 37.6 Å². The standard InChI is InChI=1S/C16H23ClN2/c1-19-6-2-3-12(11-19)10-18-16-8-13-4-5-15(17)7-14(13)9-16/h4-5,7,12,16,18H,2-3,6,8-11H2,1H3. The molecule has 2 nitrogen and oxygen atoms in total. The molecule has 0 spiro atoms. The molecule has 104 valence electrons. The molecule has 1 N–H and O–H groups in total. The Morgan fingerprint density at radius 2 is 2.16 bits per heavy atom. The lowest BCUT2D eigenvalue weighted by Crippen LogP contribution is -2.40. The molecule has 1 fully saturated rings. The van der Waals surface area contributed by atoms with Gasteiger partial charge in [0.05, 0.1) is 0 Å². The van der Waals surface area contributed by atoms with Gasteiger partial charge in [-0.2, -0.15) is 0 Å². The zero-order chi connectivity index (χ0) is 13.2. The predicted molar refractivity (Wildman–Crippen MR) is 80.9 cm³/mol. The van der Waals surface area contributed by atoms with Crippen LogP contribution in [0.5, 0.6) is 0 Å². The molecular formula is C16H23ClN2. The fourth-order valence-corrected chi connectivity index (χ4v) is 3.70. The normalized spacial score (nSPS) is 27.5. The Kier molecular flexibility index (Phi) is 4.11. The van der Waals surface area contributed by atoms with Gasteiger partial charge in [0.1, 0.15) is 0 Å². The third-order valence-electron chi connectivity index (χ3n) is 4.52. The highest BCUT2D eigenvalue weighted by Gasteiger charge is 2.23. The van der Waals surface area contributed by atoms with E-state index in [1.54, 1.807) is 0 Å². The van der Waals surface area contributed by atoms with Crippen molar-refractivity contribution in [3.63, 3.8) is 0 Å². The van der Waals surface area contributed by atoms with Crippen LogP contribution in [0.1, 0.15) is 24.0 Å². The molecule has 0 bridgehead atoms. The smallest absolute Gasteiger partial charge is 0.0408 e. The summed E-state index contributed by atoms with van der Waals surface area (Å²) in [5, 5.41) is 4.64. The van der Waals surface area contributed by atoms with E-state index >= 15 is 0 Å². The van der Waals surface area contributed by atoms with Crippen LogP contribution in [0.3, 0.4) is 0 Å². The van der Waals surface area contributed by atoms with Gasteiger partial charge in [0, 0.05) is 17.6 Å². The first-order chi connectivity index (χ1) is 9.20. The highest BCUT2D eigenvalue weighted by atomic mass is 35.5. The van der Waals surface area contributed by atoms with Gasteiger partial charge in [0.15, 0.2) is 0 Å². The largest absolute Gasteiger partial charge is 0.313 e. The number of fused-ring (bicyclic) bond motifs is 1. The number of piperidine rings is 1. The minimum absolute atomic E-state index is 0.612. The summed E-state index contributed by atoms with van der Waals surface area (Å²) in [4.78, 5) is 2.46. The van der Waals surface area contributed by atoms with Gasteiger partial charge in [-0.1, -0.05) is 17.7 Å². The van der Waals surface area contributed by atoms with Gasteiger partial charge in [-0.15, -0.1) is 0 Å². The average Bonchev–Trinajstić information content (AvgIpc) is 2.78. The second kappa shape index (κ2) is 5.82. The Hall–Kier alpha value is -0.570. The minimum atomic E-state index is 0.612. The molecular weight excluding hydrogens is 256 g/mol. The van der Waals surface area contributed by atoms with E-state index < -0.39 is 0 Å². The number of rotatable bonds is 3. The van der Waals surface area contributed by atoms with Crippen molar-refractivity contribution in [1.29, 1.82) is 0 Å². The summed E-state index contributed by atoms with van der Waals surface area (Å²) in [6, 6.07) is 6.94. The molecule has 0 radical (unpaired) electrons. The van der Waals surface area contributed by atoms with Crippen LogP contribution >= 0.6 is 11.6 Å². The molecule has 1 aromatic carbocycles. The zero-order valence-electron chi connectivity index (χ0n) is 11.7. The van der Waals surface area contributed by atoms with E-state index in [-0.39, 0.29) is 0 Å². The van der Waals surface area contributed by atoms with Crippen molar-refractivity contribution >= 4 is 11.6 Å². The van der Waals surface area contributed by atoms with Crippen molar-refractivity contribution < 1.29 is 0 Å². The lowest BCUT2D eigenvalue weighted by Gasteiger charge is -2.30.